The van der Waals surface area contributed by atoms with Crippen LogP contribution in [0.4, 0.5) is 11.4 Å². The molecule has 2 heterocycles. The molecule has 0 saturated carbocycles. The zero-order chi connectivity index (χ0) is 45.6. The van der Waals surface area contributed by atoms with Gasteiger partial charge in [-0.3, -0.25) is 9.59 Å². The number of hydrogen-bond acceptors (Lipinski definition) is 8. The Morgan fingerprint density at radius 3 is 1.51 bits per heavy atom. The molecular weight excluding hydrogens is 837 g/mol. The van der Waals surface area contributed by atoms with Crippen LogP contribution < -0.4 is 19.4 Å². The number of hydrogen-bond donors (Lipinski definition) is 0. The third-order valence-electron chi connectivity index (χ3n) is 13.8. The Labute approximate surface area is 392 Å². The van der Waals surface area contributed by atoms with Crippen LogP contribution in [-0.2, 0) is 27.9 Å². The van der Waals surface area contributed by atoms with Crippen LogP contribution in [0.1, 0.15) is 66.9 Å². The lowest BCUT2D eigenvalue weighted by Gasteiger charge is -2.36. The molecule has 2 fully saturated rings. The molecule has 10 rings (SSSR count). The predicted molar refractivity (Wildman–Crippen MR) is 263 cm³/mol. The fourth-order valence-corrected chi connectivity index (χ4v) is 10.3. The number of aryl methyl sites for hydroxylation is 2. The van der Waals surface area contributed by atoms with Crippen molar-refractivity contribution in [2.75, 3.05) is 68.8 Å². The van der Waals surface area contributed by atoms with E-state index in [1.54, 1.807) is 6.08 Å². The number of carbonyl (C=O) groups is 3. The summed E-state index contributed by atoms with van der Waals surface area (Å²) in [6.07, 6.45) is 10.8. The number of piperazine rings is 2. The van der Waals surface area contributed by atoms with Crippen molar-refractivity contribution in [3.05, 3.63) is 202 Å². The maximum atomic E-state index is 13.5. The van der Waals surface area contributed by atoms with Gasteiger partial charge in [-0.25, -0.2) is 4.79 Å². The summed E-state index contributed by atoms with van der Waals surface area (Å²) >= 11 is 0. The van der Waals surface area contributed by atoms with Crippen molar-refractivity contribution in [2.24, 2.45) is 0 Å². The van der Waals surface area contributed by atoms with Gasteiger partial charge in [-0.2, -0.15) is 4.89 Å². The van der Waals surface area contributed by atoms with Crippen LogP contribution >= 0.6 is 0 Å². The van der Waals surface area contributed by atoms with Gasteiger partial charge in [0.05, 0.1) is 0 Å². The van der Waals surface area contributed by atoms with Crippen molar-refractivity contribution in [2.45, 2.75) is 31.1 Å². The van der Waals surface area contributed by atoms with Gasteiger partial charge >= 0.3 is 5.97 Å². The van der Waals surface area contributed by atoms with Crippen LogP contribution in [0.25, 0.3) is 12.2 Å². The number of ether oxygens (including phenoxy) is 1. The second-order valence-electron chi connectivity index (χ2n) is 17.7. The van der Waals surface area contributed by atoms with E-state index in [0.29, 0.717) is 37.7 Å². The first kappa shape index (κ1) is 43.5. The topological polar surface area (TPSA) is 91.9 Å². The number of fused-ring (bicyclic) bond motifs is 4. The van der Waals surface area contributed by atoms with Crippen LogP contribution in [0.5, 0.6) is 11.5 Å². The smallest absolute Gasteiger partial charge is 0.336 e. The van der Waals surface area contributed by atoms with Crippen LogP contribution in [0, 0.1) is 0 Å². The van der Waals surface area contributed by atoms with Gasteiger partial charge in [0.1, 0.15) is 12.4 Å². The molecule has 2 amide bonds. The zero-order valence-corrected chi connectivity index (χ0v) is 37.6. The van der Waals surface area contributed by atoms with E-state index in [-0.39, 0.29) is 23.8 Å². The van der Waals surface area contributed by atoms with Gasteiger partial charge < -0.3 is 29.2 Å². The Morgan fingerprint density at radius 2 is 0.985 bits per heavy atom. The lowest BCUT2D eigenvalue weighted by atomic mass is 9.76. The fraction of sp³-hybridized carbons (Fsp3) is 0.246. The highest BCUT2D eigenvalue weighted by molar-refractivity contribution is 5.95. The number of rotatable bonds is 12. The van der Waals surface area contributed by atoms with E-state index in [0.717, 1.165) is 96.6 Å². The summed E-state index contributed by atoms with van der Waals surface area (Å²) in [7, 11) is 0. The van der Waals surface area contributed by atoms with Crippen molar-refractivity contribution in [3.63, 3.8) is 0 Å². The van der Waals surface area contributed by atoms with E-state index < -0.39 is 5.97 Å². The minimum absolute atomic E-state index is 0.0713. The summed E-state index contributed by atoms with van der Waals surface area (Å²) in [6.45, 7) is 6.06. The second kappa shape index (κ2) is 19.6. The number of carbonyl (C=O) groups excluding carboxylic acids is 3. The summed E-state index contributed by atoms with van der Waals surface area (Å²) in [5, 5.41) is 0. The van der Waals surface area contributed by atoms with E-state index in [1.807, 2.05) is 119 Å². The molecule has 0 aromatic heterocycles. The highest BCUT2D eigenvalue weighted by Crippen LogP contribution is 2.57. The molecule has 10 heteroatoms. The summed E-state index contributed by atoms with van der Waals surface area (Å²) in [6, 6.07) is 47.7. The maximum Gasteiger partial charge on any atom is 0.336 e. The van der Waals surface area contributed by atoms with Gasteiger partial charge in [-0.15, -0.1) is 0 Å². The van der Waals surface area contributed by atoms with Crippen LogP contribution in [0.15, 0.2) is 158 Å². The Kier molecular flexibility index (Phi) is 12.7. The molecule has 1 unspecified atom stereocenters. The third-order valence-corrected chi connectivity index (χ3v) is 13.8. The molecule has 0 radical (unpaired) electrons. The lowest BCUT2D eigenvalue weighted by molar-refractivity contribution is -0.196. The van der Waals surface area contributed by atoms with Crippen LogP contribution in [-0.4, -0.2) is 86.5 Å². The Hall–Kier alpha value is -7.43. The summed E-state index contributed by atoms with van der Waals surface area (Å²) in [5.41, 5.74) is 9.86. The van der Waals surface area contributed by atoms with Gasteiger partial charge in [0.2, 0.25) is 0 Å². The van der Waals surface area contributed by atoms with Gasteiger partial charge in [0.25, 0.3) is 11.8 Å². The van der Waals surface area contributed by atoms with Crippen LogP contribution in [0.3, 0.4) is 0 Å². The average Bonchev–Trinajstić information content (AvgIpc) is 3.97. The molecule has 67 heavy (non-hydrogen) atoms. The molecule has 1 spiro atoms. The second-order valence-corrected chi connectivity index (χ2v) is 17.7. The maximum absolute atomic E-state index is 13.5. The largest absolute Gasteiger partial charge is 0.423 e. The van der Waals surface area contributed by atoms with E-state index in [2.05, 4.69) is 58.3 Å². The van der Waals surface area contributed by atoms with Gasteiger partial charge in [0.15, 0.2) is 5.75 Å². The third kappa shape index (κ3) is 9.35. The van der Waals surface area contributed by atoms with Crippen molar-refractivity contribution in [1.82, 2.24) is 9.80 Å². The number of esters is 1. The normalized spacial score (nSPS) is 17.9. The summed E-state index contributed by atoms with van der Waals surface area (Å²) in [5.74, 6) is 1.01. The van der Waals surface area contributed by atoms with Crippen LogP contribution in [0.2, 0.25) is 0 Å². The Balaban J connectivity index is 0.731. The molecule has 2 aliphatic carbocycles. The highest BCUT2D eigenvalue weighted by atomic mass is 17.2. The molecule has 0 bridgehead atoms. The molecule has 6 aromatic carbocycles. The van der Waals surface area contributed by atoms with Crippen molar-refractivity contribution in [3.8, 4) is 11.5 Å². The highest BCUT2D eigenvalue weighted by Gasteiger charge is 2.49. The minimum Gasteiger partial charge on any atom is -0.423 e. The van der Waals surface area contributed by atoms with Gasteiger partial charge in [-0.05, 0) is 115 Å². The first-order valence-electron chi connectivity index (χ1n) is 23.4. The molecule has 338 valence electrons. The lowest BCUT2D eigenvalue weighted by Crippen LogP contribution is -2.48. The van der Waals surface area contributed by atoms with E-state index in [9.17, 15) is 14.4 Å². The molecule has 6 aromatic rings. The number of benzene rings is 6. The fourth-order valence-electron chi connectivity index (χ4n) is 10.3. The minimum atomic E-state index is -0.429. The number of anilines is 2. The number of amides is 2. The van der Waals surface area contributed by atoms with Crippen molar-refractivity contribution >= 4 is 41.3 Å². The predicted octanol–water partition coefficient (Wildman–Crippen LogP) is 9.43. The monoisotopic (exact) mass is 890 g/mol. The quantitative estimate of drug-likeness (QED) is 0.0300. The average molecular weight is 891 g/mol. The zero-order valence-electron chi connectivity index (χ0n) is 37.6. The number of nitrogens with zero attached hydrogens (tertiary/aromatic N) is 4. The van der Waals surface area contributed by atoms with Gasteiger partial charge in [0, 0.05) is 97.5 Å². The van der Waals surface area contributed by atoms with Gasteiger partial charge in [-0.1, -0.05) is 97.1 Å². The summed E-state index contributed by atoms with van der Waals surface area (Å²) < 4.78 is 6.16. The molecule has 1 atom stereocenters. The SMILES string of the molecule is O=C(C=Cc1ccc(N2CCN(C(=O)c3ccccc3)CC2)cc1)Oc1cccc2c1C1(CCc3cccc(OOCC=Cc4ccc(N5CCN(C(=O)c6ccccc6)CC5)cc4)c31)CC2. The molecule has 0 N–H and O–H groups in total. The van der Waals surface area contributed by atoms with Crippen molar-refractivity contribution < 1.29 is 28.9 Å². The first-order valence-corrected chi connectivity index (χ1v) is 23.4. The molecule has 2 aliphatic heterocycles. The standard InChI is InChI=1S/C57H54N4O6/c62-52(28-23-43-21-26-49(27-22-43)59-35-39-61(40-36-59)56(64)47-13-5-2-6-14-47)66-50-17-7-15-44-29-31-57(53(44)50)32-30-45-16-8-18-51(54(45)57)67-65-41-9-10-42-19-24-48(25-20-42)58-33-37-60(38-34-58)55(63)46-11-3-1-4-12-46/h1-28H,29-41H2. The molecular formula is C57H54N4O6. The Morgan fingerprint density at radius 1 is 0.507 bits per heavy atom. The van der Waals surface area contributed by atoms with E-state index in [4.69, 9.17) is 14.5 Å². The first-order chi connectivity index (χ1) is 32.9. The Bertz CT molecular complexity index is 2770. The molecule has 10 nitrogen and oxygen atoms in total. The summed E-state index contributed by atoms with van der Waals surface area (Å²) in [4.78, 5) is 59.7. The molecule has 4 aliphatic rings. The molecule has 2 saturated heterocycles. The van der Waals surface area contributed by atoms with E-state index >= 15 is 0 Å². The van der Waals surface area contributed by atoms with E-state index in [1.165, 1.54) is 17.2 Å². The van der Waals surface area contributed by atoms with Crippen molar-refractivity contribution in [1.29, 1.82) is 0 Å².